The van der Waals surface area contributed by atoms with Gasteiger partial charge in [-0.25, -0.2) is 0 Å². The van der Waals surface area contributed by atoms with Crippen LogP contribution in [0.5, 0.6) is 0 Å². The first-order valence-electron chi connectivity index (χ1n) is 8.64. The lowest BCUT2D eigenvalue weighted by Gasteiger charge is -2.26. The Bertz CT molecular complexity index is 610. The van der Waals surface area contributed by atoms with E-state index in [2.05, 4.69) is 55.5 Å². The summed E-state index contributed by atoms with van der Waals surface area (Å²) < 4.78 is 0. The molecule has 0 aliphatic rings. The summed E-state index contributed by atoms with van der Waals surface area (Å²) in [6.45, 7) is 2.72. The maximum Gasteiger partial charge on any atom is 0.227 e. The van der Waals surface area contributed by atoms with Crippen molar-refractivity contribution in [3.05, 3.63) is 71.8 Å². The molecule has 0 aliphatic heterocycles. The molecule has 0 radical (unpaired) electrons. The topological polar surface area (TPSA) is 32.3 Å². The van der Waals surface area contributed by atoms with Crippen molar-refractivity contribution in [3.8, 4) is 0 Å². The van der Waals surface area contributed by atoms with Gasteiger partial charge in [0.2, 0.25) is 5.91 Å². The second-order valence-corrected chi connectivity index (χ2v) is 6.42. The highest BCUT2D eigenvalue weighted by molar-refractivity contribution is 5.83. The highest BCUT2D eigenvalue weighted by Gasteiger charge is 2.20. The van der Waals surface area contributed by atoms with Crippen LogP contribution in [0.25, 0.3) is 0 Å². The molecule has 0 heterocycles. The third-order valence-corrected chi connectivity index (χ3v) is 4.48. The largest absolute Gasteiger partial charge is 0.354 e. The molecule has 24 heavy (non-hydrogen) atoms. The second kappa shape index (κ2) is 9.24. The van der Waals surface area contributed by atoms with Crippen molar-refractivity contribution in [2.75, 3.05) is 20.6 Å². The maximum atomic E-state index is 12.6. The molecule has 0 saturated heterocycles. The molecule has 128 valence electrons. The molecule has 0 aliphatic carbocycles. The summed E-state index contributed by atoms with van der Waals surface area (Å²) in [5.74, 6) is 0.0364. The molecule has 0 aromatic heterocycles. The Morgan fingerprint density at radius 2 is 1.58 bits per heavy atom. The lowest BCUT2D eigenvalue weighted by Crippen LogP contribution is -2.43. The summed E-state index contributed by atoms with van der Waals surface area (Å²) in [6.07, 6.45) is 1.73. The lowest BCUT2D eigenvalue weighted by atomic mass is 9.95. The third kappa shape index (κ3) is 5.20. The van der Waals surface area contributed by atoms with Gasteiger partial charge in [0.1, 0.15) is 0 Å². The van der Waals surface area contributed by atoms with E-state index in [0.717, 1.165) is 18.4 Å². The van der Waals surface area contributed by atoms with Gasteiger partial charge in [-0.1, -0.05) is 67.6 Å². The van der Waals surface area contributed by atoms with E-state index >= 15 is 0 Å². The van der Waals surface area contributed by atoms with Crippen LogP contribution in [0, 0.1) is 0 Å². The first-order valence-corrected chi connectivity index (χ1v) is 8.64. The molecule has 3 heteroatoms. The van der Waals surface area contributed by atoms with E-state index in [1.165, 1.54) is 5.56 Å². The maximum absolute atomic E-state index is 12.6. The van der Waals surface area contributed by atoms with Crippen LogP contribution in [0.3, 0.4) is 0 Å². The summed E-state index contributed by atoms with van der Waals surface area (Å²) in [5.41, 5.74) is 2.38. The fourth-order valence-corrected chi connectivity index (χ4v) is 2.92. The van der Waals surface area contributed by atoms with Gasteiger partial charge in [0.05, 0.1) is 5.92 Å². The highest BCUT2D eigenvalue weighted by Crippen LogP contribution is 2.19. The Kier molecular flexibility index (Phi) is 7.01. The van der Waals surface area contributed by atoms with Crippen LogP contribution in [0.1, 0.15) is 30.4 Å². The van der Waals surface area contributed by atoms with Crippen molar-refractivity contribution in [2.45, 2.75) is 31.7 Å². The van der Waals surface area contributed by atoms with Crippen LogP contribution in [0.2, 0.25) is 0 Å². The van der Waals surface area contributed by atoms with Crippen molar-refractivity contribution in [1.29, 1.82) is 0 Å². The van der Waals surface area contributed by atoms with E-state index in [4.69, 9.17) is 0 Å². The second-order valence-electron chi connectivity index (χ2n) is 6.42. The Morgan fingerprint density at radius 1 is 1.00 bits per heavy atom. The van der Waals surface area contributed by atoms with Crippen molar-refractivity contribution < 1.29 is 4.79 Å². The van der Waals surface area contributed by atoms with Gasteiger partial charge in [-0.15, -0.1) is 0 Å². The number of carbonyl (C=O) groups excluding carboxylic acids is 1. The number of likely N-dealkylation sites (N-methyl/N-ethyl adjacent to an activating group) is 1. The minimum Gasteiger partial charge on any atom is -0.354 e. The van der Waals surface area contributed by atoms with Crippen molar-refractivity contribution in [2.24, 2.45) is 0 Å². The Hall–Kier alpha value is -2.13. The number of nitrogens with one attached hydrogen (secondary N) is 1. The zero-order chi connectivity index (χ0) is 17.4. The Morgan fingerprint density at radius 3 is 2.12 bits per heavy atom. The number of carbonyl (C=O) groups is 1. The fraction of sp³-hybridized carbons (Fsp3) is 0.381. The van der Waals surface area contributed by atoms with Crippen molar-refractivity contribution >= 4 is 5.91 Å². The van der Waals surface area contributed by atoms with Gasteiger partial charge in [0.25, 0.3) is 0 Å². The number of hydrogen-bond acceptors (Lipinski definition) is 2. The molecule has 0 fully saturated rings. The van der Waals surface area contributed by atoms with Crippen LogP contribution >= 0.6 is 0 Å². The Balaban J connectivity index is 1.96. The van der Waals surface area contributed by atoms with Gasteiger partial charge < -0.3 is 10.2 Å². The molecule has 3 nitrogen and oxygen atoms in total. The summed E-state index contributed by atoms with van der Waals surface area (Å²) in [4.78, 5) is 14.8. The summed E-state index contributed by atoms with van der Waals surface area (Å²) >= 11 is 0. The third-order valence-electron chi connectivity index (χ3n) is 4.48. The average molecular weight is 324 g/mol. The Labute approximate surface area is 145 Å². The van der Waals surface area contributed by atoms with Crippen LogP contribution < -0.4 is 5.32 Å². The molecule has 0 spiro atoms. The van der Waals surface area contributed by atoms with Crippen LogP contribution in [0.15, 0.2) is 60.7 Å². The molecular weight excluding hydrogens is 296 g/mol. The van der Waals surface area contributed by atoms with Crippen LogP contribution in [-0.2, 0) is 11.2 Å². The van der Waals surface area contributed by atoms with Gasteiger partial charge >= 0.3 is 0 Å². The van der Waals surface area contributed by atoms with Gasteiger partial charge in [-0.2, -0.15) is 0 Å². The monoisotopic (exact) mass is 324 g/mol. The number of rotatable bonds is 8. The number of hydrogen-bond donors (Lipinski definition) is 1. The minimum atomic E-state index is -0.0780. The summed E-state index contributed by atoms with van der Waals surface area (Å²) in [7, 11) is 4.13. The number of nitrogens with zero attached hydrogens (tertiary/aromatic N) is 1. The van der Waals surface area contributed by atoms with E-state index in [9.17, 15) is 4.79 Å². The van der Waals surface area contributed by atoms with Crippen LogP contribution in [0.4, 0.5) is 0 Å². The molecule has 2 atom stereocenters. The average Bonchev–Trinajstić information content (AvgIpc) is 2.61. The standard InChI is InChI=1S/C21H28N2O/c1-4-20(18-13-9-6-10-14-18)21(24)22-16-19(23(2)3)15-17-11-7-5-8-12-17/h5-14,19-20H,4,15-16H2,1-3H3,(H,22,24). The van der Waals surface area contributed by atoms with Crippen molar-refractivity contribution in [3.63, 3.8) is 0 Å². The molecule has 0 saturated carbocycles. The molecular formula is C21H28N2O. The molecule has 0 bridgehead atoms. The normalized spacial score (nSPS) is 13.5. The van der Waals surface area contributed by atoms with E-state index in [1.54, 1.807) is 0 Å². The number of benzene rings is 2. The van der Waals surface area contributed by atoms with Crippen LogP contribution in [-0.4, -0.2) is 37.5 Å². The first kappa shape index (κ1) is 18.2. The predicted molar refractivity (Wildman–Crippen MR) is 100 cm³/mol. The van der Waals surface area contributed by atoms with E-state index in [-0.39, 0.29) is 17.9 Å². The minimum absolute atomic E-state index is 0.0780. The lowest BCUT2D eigenvalue weighted by molar-refractivity contribution is -0.122. The summed E-state index contributed by atoms with van der Waals surface area (Å²) in [6, 6.07) is 20.7. The van der Waals surface area contributed by atoms with Gasteiger partial charge in [0.15, 0.2) is 0 Å². The van der Waals surface area contributed by atoms with E-state index in [1.807, 2.05) is 36.4 Å². The molecule has 2 aromatic carbocycles. The molecule has 1 amide bonds. The van der Waals surface area contributed by atoms with Gasteiger partial charge in [-0.05, 0) is 38.1 Å². The quantitative estimate of drug-likeness (QED) is 0.806. The van der Waals surface area contributed by atoms with E-state index in [0.29, 0.717) is 6.54 Å². The highest BCUT2D eigenvalue weighted by atomic mass is 16.1. The smallest absolute Gasteiger partial charge is 0.227 e. The van der Waals surface area contributed by atoms with Gasteiger partial charge in [-0.3, -0.25) is 4.79 Å². The van der Waals surface area contributed by atoms with Gasteiger partial charge in [0, 0.05) is 12.6 Å². The summed E-state index contributed by atoms with van der Waals surface area (Å²) in [5, 5.41) is 3.15. The molecule has 1 N–H and O–H groups in total. The number of amides is 1. The predicted octanol–water partition coefficient (Wildman–Crippen LogP) is 3.47. The van der Waals surface area contributed by atoms with Crippen molar-refractivity contribution in [1.82, 2.24) is 10.2 Å². The SMILES string of the molecule is CCC(C(=O)NCC(Cc1ccccc1)N(C)C)c1ccccc1. The zero-order valence-electron chi connectivity index (χ0n) is 14.9. The molecule has 2 aromatic rings. The van der Waals surface area contributed by atoms with E-state index < -0.39 is 0 Å². The molecule has 2 rings (SSSR count). The first-order chi connectivity index (χ1) is 11.6. The fourth-order valence-electron chi connectivity index (χ4n) is 2.92. The molecule has 2 unspecified atom stereocenters. The zero-order valence-corrected chi connectivity index (χ0v) is 14.9.